The second-order valence-electron chi connectivity index (χ2n) is 9.45. The highest BCUT2D eigenvalue weighted by Gasteiger charge is 2.46. The van der Waals surface area contributed by atoms with Crippen molar-refractivity contribution in [1.82, 2.24) is 9.80 Å². The quantitative estimate of drug-likeness (QED) is 0.268. The highest BCUT2D eigenvalue weighted by Crippen LogP contribution is 2.40. The Morgan fingerprint density at radius 3 is 1.86 bits per heavy atom. The first-order valence-corrected chi connectivity index (χ1v) is 12.7. The van der Waals surface area contributed by atoms with Crippen molar-refractivity contribution in [3.05, 3.63) is 65.2 Å². The van der Waals surface area contributed by atoms with Gasteiger partial charge in [-0.15, -0.1) is 0 Å². The largest absolute Gasteiger partial charge is 0.507 e. The van der Waals surface area contributed by atoms with E-state index in [4.69, 9.17) is 9.47 Å². The fourth-order valence-corrected chi connectivity index (χ4v) is 4.37. The number of ketones is 1. The number of likely N-dealkylation sites (tertiary alicyclic amines) is 1. The molecule has 1 amide bonds. The van der Waals surface area contributed by atoms with Crippen LogP contribution in [0.1, 0.15) is 58.7 Å². The fraction of sp³-hybridized carbons (Fsp3) is 0.448. The summed E-state index contributed by atoms with van der Waals surface area (Å²) in [5, 5.41) is 11.3. The fourth-order valence-electron chi connectivity index (χ4n) is 4.37. The average molecular weight is 495 g/mol. The molecule has 0 aliphatic carbocycles. The molecule has 0 bridgehead atoms. The molecule has 2 aromatic rings. The Labute approximate surface area is 214 Å². The molecule has 36 heavy (non-hydrogen) atoms. The van der Waals surface area contributed by atoms with Crippen LogP contribution in [-0.2, 0) is 9.59 Å². The molecule has 1 aliphatic heterocycles. The van der Waals surface area contributed by atoms with Crippen LogP contribution in [0.25, 0.3) is 5.76 Å². The predicted octanol–water partition coefficient (Wildman–Crippen LogP) is 5.02. The highest BCUT2D eigenvalue weighted by atomic mass is 16.5. The zero-order chi connectivity index (χ0) is 26.4. The van der Waals surface area contributed by atoms with E-state index in [-0.39, 0.29) is 23.5 Å². The molecule has 1 N–H and O–H groups in total. The Morgan fingerprint density at radius 2 is 1.39 bits per heavy atom. The molecule has 0 spiro atoms. The second-order valence-corrected chi connectivity index (χ2v) is 9.45. The Kier molecular flexibility index (Phi) is 9.15. The van der Waals surface area contributed by atoms with Crippen molar-refractivity contribution in [2.75, 3.05) is 26.2 Å². The van der Waals surface area contributed by atoms with E-state index in [1.54, 1.807) is 29.2 Å². The second kappa shape index (κ2) is 12.1. The lowest BCUT2D eigenvalue weighted by atomic mass is 9.95. The van der Waals surface area contributed by atoms with Gasteiger partial charge in [-0.2, -0.15) is 0 Å². The number of rotatable bonds is 11. The number of nitrogens with zero attached hydrogens (tertiary/aromatic N) is 2. The van der Waals surface area contributed by atoms with E-state index >= 15 is 0 Å². The molecule has 1 aliphatic rings. The van der Waals surface area contributed by atoms with Gasteiger partial charge in [0.05, 0.1) is 23.8 Å². The van der Waals surface area contributed by atoms with Crippen molar-refractivity contribution in [3.8, 4) is 11.5 Å². The molecule has 1 heterocycles. The summed E-state index contributed by atoms with van der Waals surface area (Å²) in [6.07, 6.45) is 0.0430. The summed E-state index contributed by atoms with van der Waals surface area (Å²) < 4.78 is 11.5. The molecule has 0 aromatic heterocycles. The van der Waals surface area contributed by atoms with E-state index in [9.17, 15) is 14.7 Å². The molecular weight excluding hydrogens is 456 g/mol. The Balaban J connectivity index is 2.04. The summed E-state index contributed by atoms with van der Waals surface area (Å²) in [7, 11) is 0. The van der Waals surface area contributed by atoms with E-state index in [1.807, 2.05) is 52.0 Å². The van der Waals surface area contributed by atoms with Crippen molar-refractivity contribution in [2.24, 2.45) is 0 Å². The van der Waals surface area contributed by atoms with Crippen molar-refractivity contribution in [3.63, 3.8) is 0 Å². The summed E-state index contributed by atoms with van der Waals surface area (Å²) in [6, 6.07) is 13.6. The number of benzene rings is 2. The number of hydrogen-bond donors (Lipinski definition) is 1. The molecule has 3 rings (SSSR count). The molecule has 7 nitrogen and oxygen atoms in total. The van der Waals surface area contributed by atoms with Gasteiger partial charge in [-0.25, -0.2) is 0 Å². The summed E-state index contributed by atoms with van der Waals surface area (Å²) >= 11 is 0. The van der Waals surface area contributed by atoms with Crippen LogP contribution in [0.5, 0.6) is 11.5 Å². The molecule has 194 valence electrons. The van der Waals surface area contributed by atoms with Crippen molar-refractivity contribution >= 4 is 17.4 Å². The number of carbonyl (C=O) groups is 2. The minimum Gasteiger partial charge on any atom is -0.507 e. The van der Waals surface area contributed by atoms with Gasteiger partial charge in [0.25, 0.3) is 11.7 Å². The molecule has 0 unspecified atom stereocenters. The van der Waals surface area contributed by atoms with Gasteiger partial charge >= 0.3 is 0 Å². The first kappa shape index (κ1) is 27.3. The van der Waals surface area contributed by atoms with Crippen LogP contribution < -0.4 is 9.47 Å². The van der Waals surface area contributed by atoms with Gasteiger partial charge in [-0.3, -0.25) is 9.59 Å². The number of ether oxygens (including phenoxy) is 2. The van der Waals surface area contributed by atoms with E-state index in [2.05, 4.69) is 18.7 Å². The number of amides is 1. The maximum absolute atomic E-state index is 13.3. The lowest BCUT2D eigenvalue weighted by molar-refractivity contribution is -0.140. The van der Waals surface area contributed by atoms with Crippen LogP contribution in [0.4, 0.5) is 0 Å². The summed E-state index contributed by atoms with van der Waals surface area (Å²) in [5.41, 5.74) is 1.29. The maximum atomic E-state index is 13.3. The Hall–Kier alpha value is -3.32. The molecule has 2 aromatic carbocycles. The number of aliphatic hydroxyl groups excluding tert-OH is 1. The van der Waals surface area contributed by atoms with Crippen LogP contribution >= 0.6 is 0 Å². The minimum absolute atomic E-state index is 0.0169. The minimum atomic E-state index is -0.694. The summed E-state index contributed by atoms with van der Waals surface area (Å²) in [5.74, 6) is -0.103. The van der Waals surface area contributed by atoms with Crippen LogP contribution in [-0.4, -0.2) is 65.0 Å². The SMILES string of the molecule is CCN(CC)CCN1C(=O)C(=O)C(=C(O)c2ccc(OC(C)C)cc2)[C@H]1c1ccc(OC(C)C)cc1. The lowest BCUT2D eigenvalue weighted by Crippen LogP contribution is -2.38. The molecule has 0 radical (unpaired) electrons. The number of aliphatic hydroxyl groups is 1. The number of hydrogen-bond acceptors (Lipinski definition) is 6. The molecule has 1 saturated heterocycles. The van der Waals surface area contributed by atoms with Crippen molar-refractivity contribution < 1.29 is 24.2 Å². The van der Waals surface area contributed by atoms with Crippen molar-refractivity contribution in [2.45, 2.75) is 59.8 Å². The number of likely N-dealkylation sites (N-methyl/N-ethyl adjacent to an activating group) is 1. The van der Waals surface area contributed by atoms with Gasteiger partial charge in [0.1, 0.15) is 17.3 Å². The molecule has 1 atom stereocenters. The zero-order valence-electron chi connectivity index (χ0n) is 22.2. The smallest absolute Gasteiger partial charge is 0.295 e. The van der Waals surface area contributed by atoms with Gasteiger partial charge in [0, 0.05) is 18.7 Å². The van der Waals surface area contributed by atoms with Crippen LogP contribution in [0, 0.1) is 0 Å². The Morgan fingerprint density at radius 1 is 0.889 bits per heavy atom. The normalized spacial score (nSPS) is 17.5. The lowest BCUT2D eigenvalue weighted by Gasteiger charge is -2.28. The zero-order valence-corrected chi connectivity index (χ0v) is 22.2. The van der Waals surface area contributed by atoms with Crippen LogP contribution in [0.2, 0.25) is 0 Å². The van der Waals surface area contributed by atoms with E-state index in [0.717, 1.165) is 18.7 Å². The van der Waals surface area contributed by atoms with Gasteiger partial charge in [0.2, 0.25) is 0 Å². The summed E-state index contributed by atoms with van der Waals surface area (Å²) in [6.45, 7) is 14.6. The first-order valence-electron chi connectivity index (χ1n) is 12.7. The number of Topliss-reactive ketones (excluding diaryl/α,β-unsaturated/α-hetero) is 1. The summed E-state index contributed by atoms with van der Waals surface area (Å²) in [4.78, 5) is 30.2. The van der Waals surface area contributed by atoms with Crippen LogP contribution in [0.15, 0.2) is 54.1 Å². The third-order valence-electron chi connectivity index (χ3n) is 6.16. The van der Waals surface area contributed by atoms with Crippen LogP contribution in [0.3, 0.4) is 0 Å². The third kappa shape index (κ3) is 6.26. The predicted molar refractivity (Wildman–Crippen MR) is 141 cm³/mol. The van der Waals surface area contributed by atoms with Gasteiger partial charge in [0.15, 0.2) is 0 Å². The average Bonchev–Trinajstić information content (AvgIpc) is 3.09. The third-order valence-corrected chi connectivity index (χ3v) is 6.16. The molecule has 0 saturated carbocycles. The molecule has 1 fully saturated rings. The van der Waals surface area contributed by atoms with E-state index in [0.29, 0.717) is 30.2 Å². The number of carbonyl (C=O) groups excluding carboxylic acids is 2. The van der Waals surface area contributed by atoms with Gasteiger partial charge in [-0.1, -0.05) is 26.0 Å². The van der Waals surface area contributed by atoms with Crippen molar-refractivity contribution in [1.29, 1.82) is 0 Å². The topological polar surface area (TPSA) is 79.3 Å². The molecule has 7 heteroatoms. The van der Waals surface area contributed by atoms with E-state index < -0.39 is 17.7 Å². The van der Waals surface area contributed by atoms with Gasteiger partial charge < -0.3 is 24.4 Å². The Bertz CT molecular complexity index is 1070. The first-order chi connectivity index (χ1) is 17.2. The van der Waals surface area contributed by atoms with Gasteiger partial charge in [-0.05, 0) is 82.7 Å². The maximum Gasteiger partial charge on any atom is 0.295 e. The standard InChI is InChI=1S/C29H38N2O5/c1-7-30(8-2)17-18-31-26(21-9-13-23(14-10-21)35-19(3)4)25(28(33)29(31)34)27(32)22-11-15-24(16-12-22)36-20(5)6/h9-16,19-20,26,32H,7-8,17-18H2,1-6H3/t26-/m1/s1. The molecular formula is C29H38N2O5. The monoisotopic (exact) mass is 494 g/mol. The van der Waals surface area contributed by atoms with E-state index in [1.165, 1.54) is 0 Å². The highest BCUT2D eigenvalue weighted by molar-refractivity contribution is 6.46.